The maximum atomic E-state index is 12.6. The predicted molar refractivity (Wildman–Crippen MR) is 94.2 cm³/mol. The van der Waals surface area contributed by atoms with Crippen molar-refractivity contribution in [2.75, 3.05) is 50.7 Å². The molecule has 7 heteroatoms. The van der Waals surface area contributed by atoms with E-state index in [0.29, 0.717) is 12.5 Å². The van der Waals surface area contributed by atoms with Gasteiger partial charge in [-0.2, -0.15) is 0 Å². The second-order valence-electron chi connectivity index (χ2n) is 7.57. The first-order valence-corrected chi connectivity index (χ1v) is 9.38. The molecule has 3 fully saturated rings. The molecule has 0 aromatic carbocycles. The topological polar surface area (TPSA) is 72.8 Å². The predicted octanol–water partition coefficient (Wildman–Crippen LogP) is 0.362. The quantitative estimate of drug-likeness (QED) is 0.850. The molecular weight excluding hydrogens is 318 g/mol. The molecule has 1 aromatic rings. The molecule has 1 amide bonds. The molecule has 3 aliphatic rings. The summed E-state index contributed by atoms with van der Waals surface area (Å²) in [5, 5.41) is 10.2. The Balaban J connectivity index is 1.21. The lowest BCUT2D eigenvalue weighted by atomic mass is 9.89. The van der Waals surface area contributed by atoms with E-state index in [0.717, 1.165) is 70.9 Å². The molecule has 7 nitrogen and oxygen atoms in total. The highest BCUT2D eigenvalue weighted by atomic mass is 16.3. The van der Waals surface area contributed by atoms with Crippen molar-refractivity contribution in [2.45, 2.75) is 31.3 Å². The number of hydrogen-bond acceptors (Lipinski definition) is 6. The summed E-state index contributed by atoms with van der Waals surface area (Å²) in [4.78, 5) is 27.5. The average molecular weight is 345 g/mol. The molecule has 2 aliphatic heterocycles. The summed E-state index contributed by atoms with van der Waals surface area (Å²) in [5.41, 5.74) is -0.398. The number of carbonyl (C=O) groups excluding carboxylic acids is 1. The summed E-state index contributed by atoms with van der Waals surface area (Å²) in [7, 11) is 0. The van der Waals surface area contributed by atoms with E-state index < -0.39 is 5.60 Å². The lowest BCUT2D eigenvalue weighted by Gasteiger charge is -2.37. The normalized spacial score (nSPS) is 24.4. The molecule has 25 heavy (non-hydrogen) atoms. The summed E-state index contributed by atoms with van der Waals surface area (Å²) in [6.07, 6.45) is 7.31. The van der Waals surface area contributed by atoms with Crippen LogP contribution >= 0.6 is 0 Å². The zero-order chi connectivity index (χ0) is 17.3. The SMILES string of the molecule is O=C(CN1CCN(c2ncccn2)CC1)N1CCC(C2(O)CC2)CC1. The van der Waals surface area contributed by atoms with E-state index >= 15 is 0 Å². The minimum atomic E-state index is -0.398. The summed E-state index contributed by atoms with van der Waals surface area (Å²) >= 11 is 0. The Morgan fingerprint density at radius 1 is 1.08 bits per heavy atom. The van der Waals surface area contributed by atoms with Crippen LogP contribution in [0.5, 0.6) is 0 Å². The van der Waals surface area contributed by atoms with E-state index in [9.17, 15) is 9.90 Å². The first kappa shape index (κ1) is 16.7. The molecule has 136 valence electrons. The molecule has 1 aromatic heterocycles. The standard InChI is InChI=1S/C18H27N5O2/c24-16(22-8-2-15(3-9-22)18(25)4-5-18)14-21-10-12-23(13-11-21)17-19-6-1-7-20-17/h1,6-7,15,25H,2-5,8-14H2. The first-order valence-electron chi connectivity index (χ1n) is 9.38. The Kier molecular flexibility index (Phi) is 4.60. The maximum absolute atomic E-state index is 12.6. The lowest BCUT2D eigenvalue weighted by molar-refractivity contribution is -0.134. The number of piperazine rings is 1. The number of aliphatic hydroxyl groups is 1. The molecule has 0 bridgehead atoms. The van der Waals surface area contributed by atoms with E-state index in [-0.39, 0.29) is 5.91 Å². The number of amides is 1. The second kappa shape index (κ2) is 6.88. The fourth-order valence-corrected chi connectivity index (χ4v) is 4.05. The largest absolute Gasteiger partial charge is 0.390 e. The van der Waals surface area contributed by atoms with E-state index in [1.165, 1.54) is 0 Å². The minimum absolute atomic E-state index is 0.227. The molecule has 0 unspecified atom stereocenters. The number of aromatic nitrogens is 2. The van der Waals surface area contributed by atoms with Crippen molar-refractivity contribution in [1.82, 2.24) is 19.8 Å². The van der Waals surface area contributed by atoms with Crippen LogP contribution in [0.25, 0.3) is 0 Å². The van der Waals surface area contributed by atoms with Crippen molar-refractivity contribution in [1.29, 1.82) is 0 Å². The Bertz CT molecular complexity index is 591. The number of likely N-dealkylation sites (tertiary alicyclic amines) is 1. The van der Waals surface area contributed by atoms with Crippen molar-refractivity contribution in [3.8, 4) is 0 Å². The van der Waals surface area contributed by atoms with E-state index in [1.54, 1.807) is 12.4 Å². The van der Waals surface area contributed by atoms with Crippen LogP contribution < -0.4 is 4.90 Å². The highest BCUT2D eigenvalue weighted by Crippen LogP contribution is 2.46. The summed E-state index contributed by atoms with van der Waals surface area (Å²) < 4.78 is 0. The van der Waals surface area contributed by atoms with Gasteiger partial charge in [0, 0.05) is 51.7 Å². The van der Waals surface area contributed by atoms with Gasteiger partial charge in [0.05, 0.1) is 12.1 Å². The fourth-order valence-electron chi connectivity index (χ4n) is 4.05. The molecular formula is C18H27N5O2. The van der Waals surface area contributed by atoms with Gasteiger partial charge < -0.3 is 14.9 Å². The maximum Gasteiger partial charge on any atom is 0.236 e. The van der Waals surface area contributed by atoms with Gasteiger partial charge in [0.1, 0.15) is 0 Å². The van der Waals surface area contributed by atoms with Gasteiger partial charge in [-0.25, -0.2) is 9.97 Å². The Labute approximate surface area is 148 Å². The van der Waals surface area contributed by atoms with Crippen LogP contribution in [0.3, 0.4) is 0 Å². The molecule has 4 rings (SSSR count). The summed E-state index contributed by atoms with van der Waals surface area (Å²) in [6, 6.07) is 1.82. The Morgan fingerprint density at radius 2 is 1.72 bits per heavy atom. The van der Waals surface area contributed by atoms with Gasteiger partial charge in [-0.15, -0.1) is 0 Å². The monoisotopic (exact) mass is 345 g/mol. The third-order valence-electron chi connectivity index (χ3n) is 5.94. The van der Waals surface area contributed by atoms with E-state index in [4.69, 9.17) is 0 Å². The number of rotatable bonds is 4. The van der Waals surface area contributed by atoms with Crippen LogP contribution in [-0.2, 0) is 4.79 Å². The van der Waals surface area contributed by atoms with E-state index in [2.05, 4.69) is 19.8 Å². The second-order valence-corrected chi connectivity index (χ2v) is 7.57. The third kappa shape index (κ3) is 3.77. The van der Waals surface area contributed by atoms with Crippen LogP contribution in [-0.4, -0.2) is 82.2 Å². The number of piperidine rings is 1. The number of hydrogen-bond donors (Lipinski definition) is 1. The Morgan fingerprint density at radius 3 is 2.32 bits per heavy atom. The van der Waals surface area contributed by atoms with Crippen molar-refractivity contribution in [2.24, 2.45) is 5.92 Å². The highest BCUT2D eigenvalue weighted by Gasteiger charge is 2.48. The first-order chi connectivity index (χ1) is 12.1. The van der Waals surface area contributed by atoms with Crippen molar-refractivity contribution in [3.63, 3.8) is 0 Å². The van der Waals surface area contributed by atoms with Crippen LogP contribution in [0.1, 0.15) is 25.7 Å². The zero-order valence-electron chi connectivity index (χ0n) is 14.7. The smallest absolute Gasteiger partial charge is 0.236 e. The van der Waals surface area contributed by atoms with Gasteiger partial charge in [0.25, 0.3) is 0 Å². The minimum Gasteiger partial charge on any atom is -0.390 e. The van der Waals surface area contributed by atoms with Gasteiger partial charge in [0.2, 0.25) is 11.9 Å². The van der Waals surface area contributed by atoms with Gasteiger partial charge in [-0.3, -0.25) is 9.69 Å². The molecule has 0 radical (unpaired) electrons. The number of anilines is 1. The molecule has 1 N–H and O–H groups in total. The van der Waals surface area contributed by atoms with Crippen LogP contribution in [0, 0.1) is 5.92 Å². The van der Waals surface area contributed by atoms with Crippen molar-refractivity contribution >= 4 is 11.9 Å². The van der Waals surface area contributed by atoms with Crippen molar-refractivity contribution < 1.29 is 9.90 Å². The third-order valence-corrected chi connectivity index (χ3v) is 5.94. The van der Waals surface area contributed by atoms with Crippen molar-refractivity contribution in [3.05, 3.63) is 18.5 Å². The van der Waals surface area contributed by atoms with Gasteiger partial charge >= 0.3 is 0 Å². The lowest BCUT2D eigenvalue weighted by Crippen LogP contribution is -2.51. The highest BCUT2D eigenvalue weighted by molar-refractivity contribution is 5.78. The van der Waals surface area contributed by atoms with Crippen LogP contribution in [0.4, 0.5) is 5.95 Å². The van der Waals surface area contributed by atoms with Gasteiger partial charge in [-0.1, -0.05) is 0 Å². The van der Waals surface area contributed by atoms with Gasteiger partial charge in [-0.05, 0) is 37.7 Å². The zero-order valence-corrected chi connectivity index (χ0v) is 14.7. The molecule has 0 atom stereocenters. The average Bonchev–Trinajstić information content (AvgIpc) is 3.42. The number of nitrogens with zero attached hydrogens (tertiary/aromatic N) is 5. The van der Waals surface area contributed by atoms with E-state index in [1.807, 2.05) is 11.0 Å². The molecule has 1 aliphatic carbocycles. The molecule has 0 spiro atoms. The van der Waals surface area contributed by atoms with Crippen LogP contribution in [0.2, 0.25) is 0 Å². The van der Waals surface area contributed by atoms with Gasteiger partial charge in [0.15, 0.2) is 0 Å². The van der Waals surface area contributed by atoms with Crippen LogP contribution in [0.15, 0.2) is 18.5 Å². The Hall–Kier alpha value is -1.73. The molecule has 1 saturated carbocycles. The number of carbonyl (C=O) groups is 1. The summed E-state index contributed by atoms with van der Waals surface area (Å²) in [6.45, 7) is 5.52. The molecule has 2 saturated heterocycles. The summed E-state index contributed by atoms with van der Waals surface area (Å²) in [5.74, 6) is 1.39. The molecule has 3 heterocycles. The fraction of sp³-hybridized carbons (Fsp3) is 0.722.